The van der Waals surface area contributed by atoms with Gasteiger partial charge in [-0.05, 0) is 47.9 Å². The summed E-state index contributed by atoms with van der Waals surface area (Å²) in [5.74, 6) is 0.742. The van der Waals surface area contributed by atoms with E-state index in [0.29, 0.717) is 18.9 Å². The van der Waals surface area contributed by atoms with Crippen molar-refractivity contribution < 1.29 is 9.47 Å². The number of aryl methyl sites for hydroxylation is 1. The summed E-state index contributed by atoms with van der Waals surface area (Å²) >= 11 is 5.99. The van der Waals surface area contributed by atoms with Crippen LogP contribution in [0.3, 0.4) is 0 Å². The number of methoxy groups -OCH3 is 1. The molecule has 0 spiro atoms. The lowest BCUT2D eigenvalue weighted by Crippen LogP contribution is -2.04. The first-order valence-electron chi connectivity index (χ1n) is 6.39. The van der Waals surface area contributed by atoms with Gasteiger partial charge in [-0.3, -0.25) is 0 Å². The first-order valence-corrected chi connectivity index (χ1v) is 6.77. The van der Waals surface area contributed by atoms with Crippen molar-refractivity contribution >= 4 is 17.3 Å². The highest BCUT2D eigenvalue weighted by atomic mass is 35.5. The van der Waals surface area contributed by atoms with E-state index >= 15 is 0 Å². The number of nitrogens with two attached hydrogens (primary N) is 1. The van der Waals surface area contributed by atoms with E-state index in [1.54, 1.807) is 7.11 Å². The van der Waals surface area contributed by atoms with Crippen LogP contribution in [0.4, 0.5) is 5.69 Å². The van der Waals surface area contributed by atoms with E-state index in [9.17, 15) is 0 Å². The lowest BCUT2D eigenvalue weighted by molar-refractivity contribution is 0.146. The highest BCUT2D eigenvalue weighted by Crippen LogP contribution is 2.30. The van der Waals surface area contributed by atoms with Gasteiger partial charge < -0.3 is 15.2 Å². The van der Waals surface area contributed by atoms with Crippen LogP contribution in [0.1, 0.15) is 5.56 Å². The van der Waals surface area contributed by atoms with Gasteiger partial charge in [-0.15, -0.1) is 0 Å². The summed E-state index contributed by atoms with van der Waals surface area (Å²) in [6.07, 6.45) is 0. The van der Waals surface area contributed by atoms with Crippen molar-refractivity contribution in [2.24, 2.45) is 0 Å². The Morgan fingerprint density at radius 1 is 1.10 bits per heavy atom. The maximum Gasteiger partial charge on any atom is 0.122 e. The molecule has 0 aliphatic heterocycles. The first kappa shape index (κ1) is 14.7. The zero-order valence-electron chi connectivity index (χ0n) is 11.7. The third-order valence-corrected chi connectivity index (χ3v) is 3.22. The van der Waals surface area contributed by atoms with Crippen LogP contribution in [0.5, 0.6) is 5.75 Å². The first-order chi connectivity index (χ1) is 9.60. The molecule has 0 aliphatic carbocycles. The molecule has 0 radical (unpaired) electrons. The summed E-state index contributed by atoms with van der Waals surface area (Å²) in [6, 6.07) is 11.5. The molecule has 0 heterocycles. The van der Waals surface area contributed by atoms with Gasteiger partial charge in [0, 0.05) is 23.9 Å². The van der Waals surface area contributed by atoms with Crippen molar-refractivity contribution in [3.63, 3.8) is 0 Å². The SMILES string of the molecule is COCCOc1cc(N)cc(-c2ccc(Cl)cc2C)c1. The maximum absolute atomic E-state index is 5.99. The summed E-state index contributed by atoms with van der Waals surface area (Å²) in [5.41, 5.74) is 9.83. The number of hydrogen-bond donors (Lipinski definition) is 1. The molecular weight excluding hydrogens is 274 g/mol. The molecule has 2 aromatic carbocycles. The number of hydrogen-bond acceptors (Lipinski definition) is 3. The predicted octanol–water partition coefficient (Wildman–Crippen LogP) is 3.92. The second kappa shape index (κ2) is 6.64. The van der Waals surface area contributed by atoms with Crippen LogP contribution in [0.25, 0.3) is 11.1 Å². The number of rotatable bonds is 5. The van der Waals surface area contributed by atoms with Gasteiger partial charge in [0.05, 0.1) is 6.61 Å². The second-order valence-corrected chi connectivity index (χ2v) is 5.03. The molecule has 0 bridgehead atoms. The van der Waals surface area contributed by atoms with E-state index < -0.39 is 0 Å². The van der Waals surface area contributed by atoms with E-state index in [2.05, 4.69) is 0 Å². The van der Waals surface area contributed by atoms with Crippen molar-refractivity contribution in [2.45, 2.75) is 6.92 Å². The highest BCUT2D eigenvalue weighted by Gasteiger charge is 2.06. The Bertz CT molecular complexity index is 599. The standard InChI is InChI=1S/C16H18ClNO2/c1-11-7-13(17)3-4-16(11)12-8-14(18)10-15(9-12)20-6-5-19-2/h3-4,7-10H,5-6,18H2,1-2H3. The Hall–Kier alpha value is -1.71. The number of ether oxygens (including phenoxy) is 2. The Balaban J connectivity index is 2.31. The average Bonchev–Trinajstić information content (AvgIpc) is 2.38. The van der Waals surface area contributed by atoms with Gasteiger partial charge in [0.15, 0.2) is 0 Å². The van der Waals surface area contributed by atoms with E-state index in [0.717, 1.165) is 27.5 Å². The predicted molar refractivity (Wildman–Crippen MR) is 83.4 cm³/mol. The lowest BCUT2D eigenvalue weighted by Gasteiger charge is -2.11. The number of anilines is 1. The largest absolute Gasteiger partial charge is 0.491 e. The molecule has 4 heteroatoms. The molecular formula is C16H18ClNO2. The molecule has 2 N–H and O–H groups in total. The van der Waals surface area contributed by atoms with Crippen LogP contribution in [-0.2, 0) is 4.74 Å². The highest BCUT2D eigenvalue weighted by molar-refractivity contribution is 6.30. The molecule has 0 fully saturated rings. The van der Waals surface area contributed by atoms with E-state index in [1.807, 2.05) is 43.3 Å². The fourth-order valence-corrected chi connectivity index (χ4v) is 2.28. The van der Waals surface area contributed by atoms with Gasteiger partial charge in [-0.1, -0.05) is 17.7 Å². The minimum absolute atomic E-state index is 0.499. The summed E-state index contributed by atoms with van der Waals surface area (Å²) < 4.78 is 10.6. The summed E-state index contributed by atoms with van der Waals surface area (Å²) in [5, 5.41) is 0.728. The van der Waals surface area contributed by atoms with Gasteiger partial charge >= 0.3 is 0 Å². The molecule has 2 aromatic rings. The normalized spacial score (nSPS) is 10.6. The minimum Gasteiger partial charge on any atom is -0.491 e. The van der Waals surface area contributed by atoms with Crippen molar-refractivity contribution in [2.75, 3.05) is 26.1 Å². The van der Waals surface area contributed by atoms with Gasteiger partial charge in [0.2, 0.25) is 0 Å². The molecule has 0 unspecified atom stereocenters. The maximum atomic E-state index is 5.99. The molecule has 20 heavy (non-hydrogen) atoms. The second-order valence-electron chi connectivity index (χ2n) is 4.59. The van der Waals surface area contributed by atoms with Crippen LogP contribution in [0.2, 0.25) is 5.02 Å². The van der Waals surface area contributed by atoms with Crippen molar-refractivity contribution in [3.8, 4) is 16.9 Å². The Morgan fingerprint density at radius 2 is 1.90 bits per heavy atom. The van der Waals surface area contributed by atoms with Crippen LogP contribution in [-0.4, -0.2) is 20.3 Å². The number of halogens is 1. The van der Waals surface area contributed by atoms with E-state index in [-0.39, 0.29) is 0 Å². The fraction of sp³-hybridized carbons (Fsp3) is 0.250. The summed E-state index contributed by atoms with van der Waals surface area (Å²) in [4.78, 5) is 0. The van der Waals surface area contributed by atoms with Crippen LogP contribution in [0.15, 0.2) is 36.4 Å². The van der Waals surface area contributed by atoms with Gasteiger partial charge in [0.1, 0.15) is 12.4 Å². The zero-order valence-corrected chi connectivity index (χ0v) is 12.4. The molecule has 0 saturated heterocycles. The van der Waals surface area contributed by atoms with Crippen molar-refractivity contribution in [1.82, 2.24) is 0 Å². The Morgan fingerprint density at radius 3 is 2.60 bits per heavy atom. The Labute approximate surface area is 124 Å². The monoisotopic (exact) mass is 291 g/mol. The molecule has 2 rings (SSSR count). The summed E-state index contributed by atoms with van der Waals surface area (Å²) in [7, 11) is 1.64. The zero-order chi connectivity index (χ0) is 14.5. The van der Waals surface area contributed by atoms with Gasteiger partial charge in [0.25, 0.3) is 0 Å². The average molecular weight is 292 g/mol. The molecule has 0 amide bonds. The lowest BCUT2D eigenvalue weighted by atomic mass is 10.00. The Kier molecular flexibility index (Phi) is 4.88. The molecule has 0 saturated carbocycles. The minimum atomic E-state index is 0.499. The van der Waals surface area contributed by atoms with Crippen molar-refractivity contribution in [1.29, 1.82) is 0 Å². The van der Waals surface area contributed by atoms with Crippen LogP contribution < -0.4 is 10.5 Å². The molecule has 3 nitrogen and oxygen atoms in total. The molecule has 0 aliphatic rings. The van der Waals surface area contributed by atoms with Crippen molar-refractivity contribution in [3.05, 3.63) is 47.0 Å². The molecule has 0 aromatic heterocycles. The van der Waals surface area contributed by atoms with Gasteiger partial charge in [-0.2, -0.15) is 0 Å². The molecule has 0 atom stereocenters. The smallest absolute Gasteiger partial charge is 0.122 e. The van der Waals surface area contributed by atoms with Crippen LogP contribution in [0, 0.1) is 6.92 Å². The molecule has 106 valence electrons. The third-order valence-electron chi connectivity index (χ3n) is 2.98. The van der Waals surface area contributed by atoms with E-state index in [4.69, 9.17) is 26.8 Å². The number of nitrogen functional groups attached to an aromatic ring is 1. The topological polar surface area (TPSA) is 44.5 Å². The summed E-state index contributed by atoms with van der Waals surface area (Å²) in [6.45, 7) is 3.07. The van der Waals surface area contributed by atoms with Crippen LogP contribution >= 0.6 is 11.6 Å². The third kappa shape index (κ3) is 3.65. The number of benzene rings is 2. The fourth-order valence-electron chi connectivity index (χ4n) is 2.05. The van der Waals surface area contributed by atoms with E-state index in [1.165, 1.54) is 0 Å². The van der Waals surface area contributed by atoms with Gasteiger partial charge in [-0.25, -0.2) is 0 Å². The quantitative estimate of drug-likeness (QED) is 0.671.